The number of rotatable bonds is 6. The maximum Gasteiger partial charge on any atom is 0.403 e. The summed E-state index contributed by atoms with van der Waals surface area (Å²) < 4.78 is 38.8. The van der Waals surface area contributed by atoms with E-state index in [1.54, 1.807) is 0 Å². The number of nitrogens with zero attached hydrogens (tertiary/aromatic N) is 4. The van der Waals surface area contributed by atoms with Crippen LogP contribution in [0.3, 0.4) is 0 Å². The summed E-state index contributed by atoms with van der Waals surface area (Å²) in [6.45, 7) is 6.42. The number of alkyl halides is 3. The lowest BCUT2D eigenvalue weighted by Crippen LogP contribution is -2.56. The number of benzene rings is 1. The molecule has 0 saturated carbocycles. The molecule has 29 heavy (non-hydrogen) atoms. The first-order valence-electron chi connectivity index (χ1n) is 10.2. The highest BCUT2D eigenvalue weighted by Gasteiger charge is 2.41. The number of aromatic nitrogens is 2. The summed E-state index contributed by atoms with van der Waals surface area (Å²) in [6.07, 6.45) is -2.54. The van der Waals surface area contributed by atoms with Crippen LogP contribution in [-0.2, 0) is 6.42 Å². The first kappa shape index (κ1) is 21.4. The number of H-pyrrole nitrogens is 1. The summed E-state index contributed by atoms with van der Waals surface area (Å²) in [5, 5.41) is 3.26. The molecule has 2 N–H and O–H groups in total. The van der Waals surface area contributed by atoms with E-state index in [2.05, 4.69) is 20.3 Å². The number of aryl methyl sites for hydroxylation is 1. The lowest BCUT2D eigenvalue weighted by molar-refractivity contribution is -0.181. The Balaban J connectivity index is 1.50. The van der Waals surface area contributed by atoms with Crippen molar-refractivity contribution in [3.05, 3.63) is 30.1 Å². The smallest absolute Gasteiger partial charge is 0.357 e. The number of piperazine rings is 1. The molecule has 9 heteroatoms. The normalized spacial score (nSPS) is 17.7. The van der Waals surface area contributed by atoms with E-state index in [0.717, 1.165) is 42.2 Å². The van der Waals surface area contributed by atoms with E-state index in [9.17, 15) is 13.2 Å². The molecule has 0 radical (unpaired) electrons. The van der Waals surface area contributed by atoms with Gasteiger partial charge < -0.3 is 15.2 Å². The molecule has 3 rings (SSSR count). The summed E-state index contributed by atoms with van der Waals surface area (Å²) in [4.78, 5) is 16.1. The molecule has 1 unspecified atom stereocenters. The molecule has 1 aromatic carbocycles. The number of halogens is 3. The van der Waals surface area contributed by atoms with Crippen molar-refractivity contribution in [2.45, 2.75) is 38.9 Å². The number of hydrogen-bond acceptors (Lipinski definition) is 3. The highest BCUT2D eigenvalue weighted by Crippen LogP contribution is 2.25. The van der Waals surface area contributed by atoms with E-state index >= 15 is 0 Å². The molecule has 0 spiro atoms. The number of aliphatic imine (C=N–C) groups is 1. The predicted octanol–water partition coefficient (Wildman–Crippen LogP) is 3.03. The maximum atomic E-state index is 12.9. The lowest BCUT2D eigenvalue weighted by Gasteiger charge is -2.39. The van der Waals surface area contributed by atoms with Crippen molar-refractivity contribution in [3.8, 4) is 0 Å². The van der Waals surface area contributed by atoms with Gasteiger partial charge in [0.2, 0.25) is 0 Å². The Kier molecular flexibility index (Phi) is 7.00. The van der Waals surface area contributed by atoms with Gasteiger partial charge in [-0.2, -0.15) is 13.2 Å². The molecule has 1 saturated heterocycles. The van der Waals surface area contributed by atoms with Crippen LogP contribution in [0.25, 0.3) is 11.0 Å². The number of nitrogens with one attached hydrogen (secondary N) is 2. The van der Waals surface area contributed by atoms with Crippen LogP contribution in [-0.4, -0.2) is 77.2 Å². The molecule has 1 aromatic heterocycles. The first-order valence-corrected chi connectivity index (χ1v) is 10.2. The van der Waals surface area contributed by atoms with Crippen molar-refractivity contribution in [1.82, 2.24) is 25.1 Å². The highest BCUT2D eigenvalue weighted by atomic mass is 19.4. The van der Waals surface area contributed by atoms with Crippen LogP contribution >= 0.6 is 0 Å². The molecule has 0 aliphatic carbocycles. The Morgan fingerprint density at radius 3 is 2.62 bits per heavy atom. The number of imidazole rings is 1. The Bertz CT molecular complexity index is 775. The average Bonchev–Trinajstić information content (AvgIpc) is 3.12. The third kappa shape index (κ3) is 5.62. The van der Waals surface area contributed by atoms with Gasteiger partial charge in [-0.3, -0.25) is 9.89 Å². The van der Waals surface area contributed by atoms with Crippen LogP contribution in [0.2, 0.25) is 0 Å². The zero-order valence-electron chi connectivity index (χ0n) is 17.0. The average molecular weight is 410 g/mol. The molecular weight excluding hydrogens is 381 g/mol. The second kappa shape index (κ2) is 9.47. The van der Waals surface area contributed by atoms with Crippen LogP contribution in [0.15, 0.2) is 29.3 Å². The van der Waals surface area contributed by atoms with Crippen molar-refractivity contribution < 1.29 is 13.2 Å². The molecular formula is C20H29F3N6. The van der Waals surface area contributed by atoms with Crippen molar-refractivity contribution in [1.29, 1.82) is 0 Å². The molecule has 1 aliphatic heterocycles. The number of hydrogen-bond donors (Lipinski definition) is 2. The molecule has 2 heterocycles. The van der Waals surface area contributed by atoms with Gasteiger partial charge in [0.05, 0.1) is 11.0 Å². The van der Waals surface area contributed by atoms with Crippen molar-refractivity contribution in [2.24, 2.45) is 4.99 Å². The van der Waals surface area contributed by atoms with Gasteiger partial charge in [0.25, 0.3) is 0 Å². The second-order valence-corrected chi connectivity index (χ2v) is 7.28. The summed E-state index contributed by atoms with van der Waals surface area (Å²) >= 11 is 0. The van der Waals surface area contributed by atoms with Crippen LogP contribution in [0.4, 0.5) is 13.2 Å². The molecule has 0 bridgehead atoms. The summed E-state index contributed by atoms with van der Waals surface area (Å²) in [5.41, 5.74) is 2.00. The van der Waals surface area contributed by atoms with E-state index in [1.165, 1.54) is 11.8 Å². The van der Waals surface area contributed by atoms with E-state index < -0.39 is 12.2 Å². The third-order valence-electron chi connectivity index (χ3n) is 5.24. The minimum absolute atomic E-state index is 0.379. The quantitative estimate of drug-likeness (QED) is 0.437. The van der Waals surface area contributed by atoms with Gasteiger partial charge >= 0.3 is 6.18 Å². The molecule has 2 aromatic rings. The Morgan fingerprint density at radius 2 is 1.97 bits per heavy atom. The van der Waals surface area contributed by atoms with Crippen molar-refractivity contribution in [3.63, 3.8) is 0 Å². The minimum atomic E-state index is -4.18. The van der Waals surface area contributed by atoms with Gasteiger partial charge in [0.15, 0.2) is 5.96 Å². The Labute approximate surface area is 169 Å². The topological polar surface area (TPSA) is 59.6 Å². The SMILES string of the molecule is CCNC(=NCCCc1nc2ccccc2[nH]1)N1CCN(C(C)C(F)(F)F)CC1. The number of fused-ring (bicyclic) bond motifs is 1. The van der Waals surface area contributed by atoms with Gasteiger partial charge in [0.1, 0.15) is 11.9 Å². The van der Waals surface area contributed by atoms with Crippen LogP contribution in [0, 0.1) is 0 Å². The van der Waals surface area contributed by atoms with Crippen LogP contribution < -0.4 is 5.32 Å². The van der Waals surface area contributed by atoms with Gasteiger partial charge in [-0.1, -0.05) is 12.1 Å². The van der Waals surface area contributed by atoms with Crippen LogP contribution in [0.5, 0.6) is 0 Å². The molecule has 1 fully saturated rings. The summed E-state index contributed by atoms with van der Waals surface area (Å²) in [7, 11) is 0. The molecule has 160 valence electrons. The zero-order valence-corrected chi connectivity index (χ0v) is 17.0. The number of para-hydroxylation sites is 2. The summed E-state index contributed by atoms with van der Waals surface area (Å²) in [6, 6.07) is 6.53. The molecule has 6 nitrogen and oxygen atoms in total. The first-order chi connectivity index (χ1) is 13.9. The van der Waals surface area contributed by atoms with Crippen LogP contribution in [0.1, 0.15) is 26.1 Å². The monoisotopic (exact) mass is 410 g/mol. The van der Waals surface area contributed by atoms with Gasteiger partial charge in [-0.05, 0) is 32.4 Å². The van der Waals surface area contributed by atoms with Gasteiger partial charge in [-0.15, -0.1) is 0 Å². The maximum absolute atomic E-state index is 12.9. The fourth-order valence-corrected chi connectivity index (χ4v) is 3.51. The van der Waals surface area contributed by atoms with E-state index in [-0.39, 0.29) is 0 Å². The highest BCUT2D eigenvalue weighted by molar-refractivity contribution is 5.80. The fraction of sp³-hybridized carbons (Fsp3) is 0.600. The standard InChI is InChI=1S/C20H29F3N6/c1-3-24-19(29-13-11-28(12-14-29)15(2)20(21,22)23)25-10-6-9-18-26-16-7-4-5-8-17(16)27-18/h4-5,7-8,15H,3,6,9-14H2,1-2H3,(H,24,25)(H,26,27). The predicted molar refractivity (Wildman–Crippen MR) is 109 cm³/mol. The van der Waals surface area contributed by atoms with Gasteiger partial charge in [0, 0.05) is 45.7 Å². The Morgan fingerprint density at radius 1 is 1.24 bits per heavy atom. The minimum Gasteiger partial charge on any atom is -0.357 e. The number of aromatic amines is 1. The Hall–Kier alpha value is -2.29. The zero-order chi connectivity index (χ0) is 20.9. The second-order valence-electron chi connectivity index (χ2n) is 7.28. The molecule has 0 amide bonds. The largest absolute Gasteiger partial charge is 0.403 e. The van der Waals surface area contributed by atoms with E-state index in [1.807, 2.05) is 36.1 Å². The number of guanidine groups is 1. The molecule has 1 aliphatic rings. The van der Waals surface area contributed by atoms with Crippen molar-refractivity contribution >= 4 is 17.0 Å². The fourth-order valence-electron chi connectivity index (χ4n) is 3.51. The van der Waals surface area contributed by atoms with E-state index in [4.69, 9.17) is 0 Å². The van der Waals surface area contributed by atoms with E-state index in [0.29, 0.717) is 32.7 Å². The van der Waals surface area contributed by atoms with Crippen molar-refractivity contribution in [2.75, 3.05) is 39.3 Å². The third-order valence-corrected chi connectivity index (χ3v) is 5.24. The lowest BCUT2D eigenvalue weighted by atomic mass is 10.2. The van der Waals surface area contributed by atoms with Gasteiger partial charge in [-0.25, -0.2) is 4.98 Å². The summed E-state index contributed by atoms with van der Waals surface area (Å²) in [5.74, 6) is 1.72. The molecule has 1 atom stereocenters.